The van der Waals surface area contributed by atoms with Crippen molar-refractivity contribution >= 4 is 56.9 Å². The van der Waals surface area contributed by atoms with Crippen molar-refractivity contribution in [3.8, 4) is 0 Å². The molecule has 0 aliphatic carbocycles. The van der Waals surface area contributed by atoms with Crippen LogP contribution < -0.4 is 0 Å². The van der Waals surface area contributed by atoms with E-state index >= 15 is 0 Å². The van der Waals surface area contributed by atoms with Crippen molar-refractivity contribution in [2.75, 3.05) is 28.8 Å². The maximum absolute atomic E-state index is 2.38. The van der Waals surface area contributed by atoms with Gasteiger partial charge in [0.1, 0.15) is 0 Å². The van der Waals surface area contributed by atoms with Gasteiger partial charge in [0.2, 0.25) is 0 Å². The summed E-state index contributed by atoms with van der Waals surface area (Å²) in [7, 11) is 4.09. The molecule has 2 aliphatic heterocycles. The average Bonchev–Trinajstić information content (AvgIpc) is 2.89. The second-order valence-corrected chi connectivity index (χ2v) is 10.2. The Bertz CT molecular complexity index is 167. The Kier molecular flexibility index (Phi) is 5.65. The quantitative estimate of drug-likeness (QED) is 0.514. The number of hydrogen-bond donors (Lipinski definition) is 0. The molecule has 5 heteroatoms. The third-order valence-corrected chi connectivity index (χ3v) is 9.52. The van der Waals surface area contributed by atoms with E-state index in [0.717, 1.165) is 15.7 Å². The monoisotopic (exact) mass is 284 g/mol. The zero-order chi connectivity index (χ0) is 9.80. The molecule has 0 spiro atoms. The maximum Gasteiger partial charge on any atom is 0.0340 e. The fraction of sp³-hybridized carbons (Fsp3) is 1.00. The summed E-state index contributed by atoms with van der Waals surface area (Å²) in [6.07, 6.45) is 0. The Hall–Kier alpha value is 1.75. The summed E-state index contributed by atoms with van der Waals surface area (Å²) in [5.41, 5.74) is 0. The van der Waals surface area contributed by atoms with E-state index in [1.165, 1.54) is 28.8 Å². The predicted molar refractivity (Wildman–Crippen MR) is 79.3 cm³/mol. The van der Waals surface area contributed by atoms with E-state index < -0.39 is 0 Å². The highest BCUT2D eigenvalue weighted by molar-refractivity contribution is 8.79. The molecular weight excluding hydrogens is 268 g/mol. The van der Waals surface area contributed by atoms with Crippen LogP contribution in [0.1, 0.15) is 6.92 Å². The lowest BCUT2D eigenvalue weighted by Gasteiger charge is -2.23. The number of rotatable bonds is 7. The summed E-state index contributed by atoms with van der Waals surface area (Å²) in [4.78, 5) is 0. The first-order chi connectivity index (χ1) is 6.84. The molecule has 3 unspecified atom stereocenters. The van der Waals surface area contributed by atoms with Crippen LogP contribution in [0, 0.1) is 0 Å². The van der Waals surface area contributed by atoms with Crippen LogP contribution in [0.2, 0.25) is 0 Å². The Morgan fingerprint density at radius 2 is 2.07 bits per heavy atom. The highest BCUT2D eigenvalue weighted by Gasteiger charge is 2.23. The van der Waals surface area contributed by atoms with Gasteiger partial charge in [0, 0.05) is 44.5 Å². The molecule has 0 aromatic rings. The van der Waals surface area contributed by atoms with Gasteiger partial charge in [-0.25, -0.2) is 0 Å². The summed E-state index contributed by atoms with van der Waals surface area (Å²) in [5, 5.41) is 2.83. The van der Waals surface area contributed by atoms with E-state index in [1.807, 2.05) is 10.8 Å². The Morgan fingerprint density at radius 1 is 1.29 bits per heavy atom. The molecule has 0 N–H and O–H groups in total. The van der Waals surface area contributed by atoms with Crippen LogP contribution in [0.3, 0.4) is 0 Å². The summed E-state index contributed by atoms with van der Waals surface area (Å²) in [6.45, 7) is 2.38. The molecule has 14 heavy (non-hydrogen) atoms. The Morgan fingerprint density at radius 3 is 2.64 bits per heavy atom. The lowest BCUT2D eigenvalue weighted by molar-refractivity contribution is 1.10. The summed E-state index contributed by atoms with van der Waals surface area (Å²) in [6, 6.07) is 0. The van der Waals surface area contributed by atoms with Crippen LogP contribution in [0.4, 0.5) is 0 Å². The van der Waals surface area contributed by atoms with Crippen LogP contribution in [0.25, 0.3) is 0 Å². The van der Waals surface area contributed by atoms with Gasteiger partial charge >= 0.3 is 0 Å². The molecule has 3 atom stereocenters. The molecule has 82 valence electrons. The zero-order valence-electron chi connectivity index (χ0n) is 8.31. The van der Waals surface area contributed by atoms with Crippen molar-refractivity contribution in [1.82, 2.24) is 0 Å². The molecule has 2 fully saturated rings. The first-order valence-electron chi connectivity index (χ1n) is 4.94. The van der Waals surface area contributed by atoms with Gasteiger partial charge in [-0.15, -0.1) is 0 Å². The lowest BCUT2D eigenvalue weighted by atomic mass is 10.5. The summed E-state index contributed by atoms with van der Waals surface area (Å²) >= 11 is 6.44. The fourth-order valence-electron chi connectivity index (χ4n) is 1.09. The molecule has 0 aromatic carbocycles. The van der Waals surface area contributed by atoms with E-state index in [-0.39, 0.29) is 0 Å². The number of hydrogen-bond acceptors (Lipinski definition) is 5. The minimum Gasteiger partial charge on any atom is -0.160 e. The van der Waals surface area contributed by atoms with Crippen molar-refractivity contribution in [3.05, 3.63) is 0 Å². The molecule has 0 amide bonds. The molecule has 0 nitrogen and oxygen atoms in total. The molecular formula is C9H16S5. The molecule has 2 rings (SSSR count). The first-order valence-corrected chi connectivity index (χ1v) is 10.6. The van der Waals surface area contributed by atoms with Gasteiger partial charge in [0.25, 0.3) is 0 Å². The standard InChI is InChI=1S/C9H16S5/c1-7(11-4-8-5-12-8)2-10-3-9-6-13-14-9/h7-9H,2-6H2,1H3. The van der Waals surface area contributed by atoms with Crippen LogP contribution in [-0.2, 0) is 0 Å². The number of thioether (sulfide) groups is 3. The molecule has 2 saturated heterocycles. The third-order valence-electron chi connectivity index (χ3n) is 2.08. The van der Waals surface area contributed by atoms with Gasteiger partial charge < -0.3 is 0 Å². The molecule has 2 aliphatic rings. The topological polar surface area (TPSA) is 0 Å². The van der Waals surface area contributed by atoms with E-state index in [1.54, 1.807) is 0 Å². The van der Waals surface area contributed by atoms with E-state index in [2.05, 4.69) is 53.0 Å². The molecule has 0 aromatic heterocycles. The van der Waals surface area contributed by atoms with Gasteiger partial charge in [-0.3, -0.25) is 0 Å². The average molecular weight is 285 g/mol. The molecule has 0 bridgehead atoms. The second kappa shape index (κ2) is 6.48. The van der Waals surface area contributed by atoms with Gasteiger partial charge in [-0.1, -0.05) is 28.5 Å². The van der Waals surface area contributed by atoms with Gasteiger partial charge in [0.15, 0.2) is 0 Å². The molecule has 0 saturated carbocycles. The minimum absolute atomic E-state index is 0.860. The predicted octanol–water partition coefficient (Wildman–Crippen LogP) is 3.72. The van der Waals surface area contributed by atoms with Crippen LogP contribution in [0.5, 0.6) is 0 Å². The van der Waals surface area contributed by atoms with E-state index in [4.69, 9.17) is 0 Å². The van der Waals surface area contributed by atoms with Crippen molar-refractivity contribution in [2.24, 2.45) is 0 Å². The van der Waals surface area contributed by atoms with Crippen LogP contribution in [0.15, 0.2) is 0 Å². The first kappa shape index (κ1) is 12.2. The summed E-state index contributed by atoms with van der Waals surface area (Å²) in [5.74, 6) is 6.92. The lowest BCUT2D eigenvalue weighted by Crippen LogP contribution is -2.16. The largest absolute Gasteiger partial charge is 0.160 e. The van der Waals surface area contributed by atoms with Crippen LogP contribution in [-0.4, -0.2) is 44.5 Å². The fourth-order valence-corrected chi connectivity index (χ4v) is 6.89. The van der Waals surface area contributed by atoms with E-state index in [0.29, 0.717) is 0 Å². The van der Waals surface area contributed by atoms with Crippen molar-refractivity contribution < 1.29 is 0 Å². The zero-order valence-corrected chi connectivity index (χ0v) is 12.4. The van der Waals surface area contributed by atoms with Gasteiger partial charge in [0.05, 0.1) is 0 Å². The SMILES string of the molecule is CC(CSCC1CSS1)SCC1CS1. The maximum atomic E-state index is 2.38. The highest BCUT2D eigenvalue weighted by Crippen LogP contribution is 2.42. The Balaban J connectivity index is 1.42. The molecule has 0 radical (unpaired) electrons. The van der Waals surface area contributed by atoms with Crippen molar-refractivity contribution in [1.29, 1.82) is 0 Å². The van der Waals surface area contributed by atoms with E-state index in [9.17, 15) is 0 Å². The summed E-state index contributed by atoms with van der Waals surface area (Å²) < 4.78 is 0. The Labute approximate surface area is 108 Å². The molecule has 2 heterocycles. The minimum atomic E-state index is 0.860. The smallest absolute Gasteiger partial charge is 0.0340 e. The van der Waals surface area contributed by atoms with Gasteiger partial charge in [-0.2, -0.15) is 35.3 Å². The van der Waals surface area contributed by atoms with Crippen molar-refractivity contribution in [3.63, 3.8) is 0 Å². The van der Waals surface area contributed by atoms with Crippen molar-refractivity contribution in [2.45, 2.75) is 22.7 Å². The van der Waals surface area contributed by atoms with Crippen LogP contribution >= 0.6 is 56.9 Å². The highest BCUT2D eigenvalue weighted by atomic mass is 33.1. The third kappa shape index (κ3) is 4.73. The normalized spacial score (nSPS) is 32.4. The van der Waals surface area contributed by atoms with Gasteiger partial charge in [-0.05, 0) is 0 Å². The second-order valence-electron chi connectivity index (χ2n) is 3.64.